The lowest BCUT2D eigenvalue weighted by Gasteiger charge is -2.19. The van der Waals surface area contributed by atoms with E-state index in [2.05, 4.69) is 31.5 Å². The molecule has 6 nitrogen and oxygen atoms in total. The molecule has 2 N–H and O–H groups in total. The van der Waals surface area contributed by atoms with Gasteiger partial charge in [-0.15, -0.1) is 0 Å². The van der Waals surface area contributed by atoms with Gasteiger partial charge in [-0.1, -0.05) is 0 Å². The van der Waals surface area contributed by atoms with Gasteiger partial charge < -0.3 is 15.4 Å². The number of hydrogen-bond donors (Lipinski definition) is 2. The Balaban J connectivity index is 2.26. The molecule has 1 heterocycles. The second-order valence-electron chi connectivity index (χ2n) is 5.05. The molecule has 0 aliphatic carbocycles. The Bertz CT molecular complexity index is 469. The second kappa shape index (κ2) is 7.23. The molecule has 0 spiro atoms. The summed E-state index contributed by atoms with van der Waals surface area (Å²) in [7, 11) is 0. The fraction of sp³-hybridized carbons (Fsp3) is 0.462. The van der Waals surface area contributed by atoms with E-state index in [9.17, 15) is 9.59 Å². The van der Waals surface area contributed by atoms with Crippen LogP contribution in [0.25, 0.3) is 0 Å². The zero-order valence-corrected chi connectivity index (χ0v) is 13.3. The number of nitrogens with one attached hydrogen (secondary N) is 2. The van der Waals surface area contributed by atoms with Gasteiger partial charge in [0.1, 0.15) is 11.3 Å². The van der Waals surface area contributed by atoms with Gasteiger partial charge in [-0.3, -0.25) is 4.79 Å². The maximum absolute atomic E-state index is 11.7. The van der Waals surface area contributed by atoms with Crippen molar-refractivity contribution in [3.05, 3.63) is 28.5 Å². The van der Waals surface area contributed by atoms with Gasteiger partial charge in [-0.25, -0.2) is 9.78 Å². The SMILES string of the molecule is CC(C)(C)OC(=O)NCCNC(=O)c1ccc(Br)cn1. The van der Waals surface area contributed by atoms with E-state index in [0.29, 0.717) is 12.2 Å². The summed E-state index contributed by atoms with van der Waals surface area (Å²) in [5.74, 6) is -0.288. The molecule has 0 unspecified atom stereocenters. The summed E-state index contributed by atoms with van der Waals surface area (Å²) in [5.41, 5.74) is -0.209. The third kappa shape index (κ3) is 6.51. The van der Waals surface area contributed by atoms with Crippen molar-refractivity contribution in [3.8, 4) is 0 Å². The van der Waals surface area contributed by atoms with Gasteiger partial charge in [0, 0.05) is 23.8 Å². The lowest BCUT2D eigenvalue weighted by Crippen LogP contribution is -2.38. The summed E-state index contributed by atoms with van der Waals surface area (Å²) in [6, 6.07) is 3.35. The highest BCUT2D eigenvalue weighted by Crippen LogP contribution is 2.07. The fourth-order valence-electron chi connectivity index (χ4n) is 1.26. The molecule has 0 fully saturated rings. The first kappa shape index (κ1) is 16.4. The highest BCUT2D eigenvalue weighted by atomic mass is 79.9. The number of aromatic nitrogens is 1. The molecule has 1 rings (SSSR count). The van der Waals surface area contributed by atoms with Crippen molar-refractivity contribution in [1.29, 1.82) is 0 Å². The number of nitrogens with zero attached hydrogens (tertiary/aromatic N) is 1. The lowest BCUT2D eigenvalue weighted by atomic mass is 10.2. The van der Waals surface area contributed by atoms with Crippen LogP contribution in [0.5, 0.6) is 0 Å². The third-order valence-corrected chi connectivity index (χ3v) is 2.51. The van der Waals surface area contributed by atoms with Crippen LogP contribution in [0.1, 0.15) is 31.3 Å². The molecule has 20 heavy (non-hydrogen) atoms. The number of carbonyl (C=O) groups is 2. The first-order valence-corrected chi connectivity index (χ1v) is 6.94. The average Bonchev–Trinajstić information content (AvgIpc) is 2.33. The second-order valence-corrected chi connectivity index (χ2v) is 5.96. The molecule has 0 aromatic carbocycles. The van der Waals surface area contributed by atoms with Crippen LogP contribution in [-0.2, 0) is 4.74 Å². The Hall–Kier alpha value is -1.63. The first-order valence-electron chi connectivity index (χ1n) is 6.14. The average molecular weight is 344 g/mol. The molecule has 0 aliphatic rings. The van der Waals surface area contributed by atoms with Crippen molar-refractivity contribution in [2.24, 2.45) is 0 Å². The van der Waals surface area contributed by atoms with Crippen molar-refractivity contribution in [1.82, 2.24) is 15.6 Å². The smallest absolute Gasteiger partial charge is 0.407 e. The Morgan fingerprint density at radius 3 is 2.45 bits per heavy atom. The topological polar surface area (TPSA) is 80.3 Å². The van der Waals surface area contributed by atoms with E-state index in [-0.39, 0.29) is 12.5 Å². The summed E-state index contributed by atoms with van der Waals surface area (Å²) < 4.78 is 5.87. The number of amides is 2. The molecule has 0 saturated carbocycles. The zero-order chi connectivity index (χ0) is 15.2. The van der Waals surface area contributed by atoms with Crippen molar-refractivity contribution in [3.63, 3.8) is 0 Å². The third-order valence-electron chi connectivity index (χ3n) is 2.04. The van der Waals surface area contributed by atoms with Crippen LogP contribution >= 0.6 is 15.9 Å². The van der Waals surface area contributed by atoms with Crippen LogP contribution in [0.4, 0.5) is 4.79 Å². The number of pyridine rings is 1. The van der Waals surface area contributed by atoms with Gasteiger partial charge in [-0.05, 0) is 48.8 Å². The quantitative estimate of drug-likeness (QED) is 0.820. The van der Waals surface area contributed by atoms with Crippen LogP contribution in [0.3, 0.4) is 0 Å². The van der Waals surface area contributed by atoms with E-state index < -0.39 is 11.7 Å². The van der Waals surface area contributed by atoms with E-state index in [1.54, 1.807) is 39.1 Å². The minimum Gasteiger partial charge on any atom is -0.444 e. The van der Waals surface area contributed by atoms with E-state index in [0.717, 1.165) is 4.47 Å². The standard InChI is InChI=1S/C13H18BrN3O3/c1-13(2,3)20-12(19)16-7-6-15-11(18)10-5-4-9(14)8-17-10/h4-5,8H,6-7H2,1-3H3,(H,15,18)(H,16,19). The fourth-order valence-corrected chi connectivity index (χ4v) is 1.49. The molecule has 1 aromatic heterocycles. The largest absolute Gasteiger partial charge is 0.444 e. The Kier molecular flexibility index (Phi) is 5.94. The summed E-state index contributed by atoms with van der Waals surface area (Å²) in [4.78, 5) is 27.0. The molecule has 110 valence electrons. The molecule has 7 heteroatoms. The molecule has 1 aromatic rings. The molecular formula is C13H18BrN3O3. The maximum Gasteiger partial charge on any atom is 0.407 e. The van der Waals surface area contributed by atoms with Crippen molar-refractivity contribution >= 4 is 27.9 Å². The van der Waals surface area contributed by atoms with Crippen molar-refractivity contribution < 1.29 is 14.3 Å². The van der Waals surface area contributed by atoms with Crippen molar-refractivity contribution in [2.45, 2.75) is 26.4 Å². The summed E-state index contributed by atoms with van der Waals surface area (Å²) in [6.45, 7) is 5.95. The minimum atomic E-state index is -0.533. The van der Waals surface area contributed by atoms with E-state index in [1.165, 1.54) is 0 Å². The predicted molar refractivity (Wildman–Crippen MR) is 78.5 cm³/mol. The Morgan fingerprint density at radius 1 is 1.25 bits per heavy atom. The van der Waals surface area contributed by atoms with Gasteiger partial charge in [0.15, 0.2) is 0 Å². The maximum atomic E-state index is 11.7. The number of carbonyl (C=O) groups excluding carboxylic acids is 2. The van der Waals surface area contributed by atoms with Crippen LogP contribution in [0.2, 0.25) is 0 Å². The summed E-state index contributed by atoms with van der Waals surface area (Å²) >= 11 is 3.24. The number of rotatable bonds is 4. The Labute approximate surface area is 126 Å². The van der Waals surface area contributed by atoms with Crippen LogP contribution < -0.4 is 10.6 Å². The molecular weight excluding hydrogens is 326 g/mol. The molecule has 0 atom stereocenters. The number of halogens is 1. The van der Waals surface area contributed by atoms with Gasteiger partial charge in [0.25, 0.3) is 5.91 Å². The van der Waals surface area contributed by atoms with Crippen LogP contribution in [-0.4, -0.2) is 35.7 Å². The number of ether oxygens (including phenoxy) is 1. The zero-order valence-electron chi connectivity index (χ0n) is 11.7. The highest BCUT2D eigenvalue weighted by molar-refractivity contribution is 9.10. The molecule has 0 aliphatic heterocycles. The van der Waals surface area contributed by atoms with Crippen LogP contribution in [0, 0.1) is 0 Å². The predicted octanol–water partition coefficient (Wildman–Crippen LogP) is 2.10. The van der Waals surface area contributed by atoms with Gasteiger partial charge >= 0.3 is 6.09 Å². The number of hydrogen-bond acceptors (Lipinski definition) is 4. The monoisotopic (exact) mass is 343 g/mol. The molecule has 0 radical (unpaired) electrons. The normalized spacial score (nSPS) is 10.8. The van der Waals surface area contributed by atoms with Crippen LogP contribution in [0.15, 0.2) is 22.8 Å². The highest BCUT2D eigenvalue weighted by Gasteiger charge is 2.15. The first-order chi connectivity index (χ1) is 9.28. The summed E-state index contributed by atoms with van der Waals surface area (Å²) in [6.07, 6.45) is 1.04. The molecule has 2 amide bonds. The van der Waals surface area contributed by atoms with Gasteiger partial charge in [0.05, 0.1) is 0 Å². The Morgan fingerprint density at radius 2 is 1.90 bits per heavy atom. The molecule has 0 saturated heterocycles. The van der Waals surface area contributed by atoms with E-state index >= 15 is 0 Å². The van der Waals surface area contributed by atoms with Gasteiger partial charge in [0.2, 0.25) is 0 Å². The number of alkyl carbamates (subject to hydrolysis) is 1. The van der Waals surface area contributed by atoms with E-state index in [4.69, 9.17) is 4.74 Å². The lowest BCUT2D eigenvalue weighted by molar-refractivity contribution is 0.0526. The van der Waals surface area contributed by atoms with Crippen molar-refractivity contribution in [2.75, 3.05) is 13.1 Å². The molecule has 0 bridgehead atoms. The van der Waals surface area contributed by atoms with E-state index in [1.807, 2.05) is 0 Å². The minimum absolute atomic E-state index is 0.288. The van der Waals surface area contributed by atoms with Gasteiger partial charge in [-0.2, -0.15) is 0 Å². The summed E-state index contributed by atoms with van der Waals surface area (Å²) in [5, 5.41) is 5.20.